The predicted octanol–water partition coefficient (Wildman–Crippen LogP) is 7.21. The lowest BCUT2D eigenvalue weighted by Crippen LogP contribution is -2.10. The van der Waals surface area contributed by atoms with Crippen LogP contribution >= 0.6 is 11.3 Å². The number of anilines is 2. The van der Waals surface area contributed by atoms with Crippen LogP contribution in [-0.2, 0) is 11.3 Å². The molecule has 2 aromatic heterocycles. The third-order valence-electron chi connectivity index (χ3n) is 5.77. The van der Waals surface area contributed by atoms with Crippen molar-refractivity contribution >= 4 is 27.5 Å². The van der Waals surface area contributed by atoms with Crippen molar-refractivity contribution in [1.29, 1.82) is 0 Å². The molecule has 0 spiro atoms. The number of imidazole rings is 1. The van der Waals surface area contributed by atoms with Crippen LogP contribution in [0.4, 0.5) is 10.3 Å². The molecule has 0 saturated carbocycles. The van der Waals surface area contributed by atoms with Crippen LogP contribution in [0.15, 0.2) is 30.9 Å². The number of rotatable bonds is 21. The second-order valence-electron chi connectivity index (χ2n) is 8.88. The van der Waals surface area contributed by atoms with Gasteiger partial charge in [-0.05, 0) is 38.5 Å². The number of aromatic nitrogens is 4. The molecule has 0 atom stereocenters. The normalized spacial score (nSPS) is 11.3. The Hall–Kier alpha value is -2.22. The average Bonchev–Trinajstić information content (AvgIpc) is 3.51. The van der Waals surface area contributed by atoms with Crippen LogP contribution in [0.5, 0.6) is 0 Å². The number of hydrogen-bond donors (Lipinski definition) is 2. The molecule has 2 heterocycles. The van der Waals surface area contributed by atoms with Crippen molar-refractivity contribution in [3.63, 3.8) is 0 Å². The van der Waals surface area contributed by atoms with E-state index in [1.807, 2.05) is 17.1 Å². The fraction of sp³-hybridized carbons (Fsp3) is 0.692. The first-order valence-electron chi connectivity index (χ1n) is 13.3. The lowest BCUT2D eigenvalue weighted by atomic mass is 10.1. The second kappa shape index (κ2) is 19.1. The van der Waals surface area contributed by atoms with Gasteiger partial charge in [0.1, 0.15) is 0 Å². The highest BCUT2D eigenvalue weighted by molar-refractivity contribution is 7.19. The Morgan fingerprint density at radius 2 is 1.59 bits per heavy atom. The SMILES string of the molecule is CCCCCCCCC=CCCCCCCCC(=O)Nc1nnc(NCCCn2ccnc2)s1. The molecule has 190 valence electrons. The molecule has 2 aromatic rings. The zero-order chi connectivity index (χ0) is 24.1. The Morgan fingerprint density at radius 3 is 2.29 bits per heavy atom. The van der Waals surface area contributed by atoms with Crippen molar-refractivity contribution in [2.24, 2.45) is 0 Å². The van der Waals surface area contributed by atoms with Gasteiger partial charge in [0, 0.05) is 31.9 Å². The lowest BCUT2D eigenvalue weighted by Gasteiger charge is -2.03. The zero-order valence-electron chi connectivity index (χ0n) is 21.0. The number of nitrogens with zero attached hydrogens (tertiary/aromatic N) is 4. The molecular formula is C26H44N6OS. The maximum atomic E-state index is 12.1. The van der Waals surface area contributed by atoms with Gasteiger partial charge in [-0.15, -0.1) is 10.2 Å². The Kier molecular flexibility index (Phi) is 15.8. The monoisotopic (exact) mass is 488 g/mol. The number of allylic oxidation sites excluding steroid dienone is 2. The Morgan fingerprint density at radius 1 is 0.912 bits per heavy atom. The van der Waals surface area contributed by atoms with E-state index in [0.717, 1.165) is 37.5 Å². The summed E-state index contributed by atoms with van der Waals surface area (Å²) in [6.07, 6.45) is 28.1. The molecule has 0 bridgehead atoms. The molecule has 1 amide bonds. The van der Waals surface area contributed by atoms with E-state index in [4.69, 9.17) is 0 Å². The summed E-state index contributed by atoms with van der Waals surface area (Å²) in [4.78, 5) is 16.2. The number of amides is 1. The first-order valence-corrected chi connectivity index (χ1v) is 14.1. The van der Waals surface area contributed by atoms with Gasteiger partial charge in [0.2, 0.25) is 16.2 Å². The quantitative estimate of drug-likeness (QED) is 0.143. The van der Waals surface area contributed by atoms with Crippen molar-refractivity contribution in [1.82, 2.24) is 19.7 Å². The summed E-state index contributed by atoms with van der Waals surface area (Å²) in [5.74, 6) is 0.0282. The van der Waals surface area contributed by atoms with Gasteiger partial charge in [0.25, 0.3) is 0 Å². The number of hydrogen-bond acceptors (Lipinski definition) is 6. The first kappa shape index (κ1) is 28.0. The fourth-order valence-corrected chi connectivity index (χ4v) is 4.44. The van der Waals surface area contributed by atoms with E-state index in [9.17, 15) is 4.79 Å². The molecule has 0 unspecified atom stereocenters. The van der Waals surface area contributed by atoms with Gasteiger partial charge in [-0.1, -0.05) is 81.8 Å². The summed E-state index contributed by atoms with van der Waals surface area (Å²) < 4.78 is 2.04. The number of aryl methyl sites for hydroxylation is 1. The van der Waals surface area contributed by atoms with Crippen molar-refractivity contribution in [3.8, 4) is 0 Å². The van der Waals surface area contributed by atoms with Crippen molar-refractivity contribution in [2.75, 3.05) is 17.2 Å². The fourth-order valence-electron chi connectivity index (χ4n) is 3.76. The summed E-state index contributed by atoms with van der Waals surface area (Å²) >= 11 is 1.38. The summed E-state index contributed by atoms with van der Waals surface area (Å²) in [5, 5.41) is 15.6. The van der Waals surface area contributed by atoms with Gasteiger partial charge in [-0.25, -0.2) is 4.98 Å². The van der Waals surface area contributed by atoms with Crippen LogP contribution in [0.2, 0.25) is 0 Å². The molecule has 0 saturated heterocycles. The first-order chi connectivity index (χ1) is 16.8. The van der Waals surface area contributed by atoms with Crippen molar-refractivity contribution in [3.05, 3.63) is 30.9 Å². The smallest absolute Gasteiger partial charge is 0.226 e. The van der Waals surface area contributed by atoms with E-state index in [-0.39, 0.29) is 5.91 Å². The molecular weight excluding hydrogens is 444 g/mol. The van der Waals surface area contributed by atoms with Crippen LogP contribution in [0, 0.1) is 0 Å². The van der Waals surface area contributed by atoms with E-state index in [0.29, 0.717) is 11.6 Å². The van der Waals surface area contributed by atoms with Crippen LogP contribution in [0.3, 0.4) is 0 Å². The number of unbranched alkanes of at least 4 members (excludes halogenated alkanes) is 11. The van der Waals surface area contributed by atoms with Crippen LogP contribution in [-0.4, -0.2) is 32.2 Å². The highest BCUT2D eigenvalue weighted by atomic mass is 32.1. The topological polar surface area (TPSA) is 84.7 Å². The summed E-state index contributed by atoms with van der Waals surface area (Å²) in [6.45, 7) is 3.98. The maximum Gasteiger partial charge on any atom is 0.226 e. The molecule has 0 aliphatic heterocycles. The minimum atomic E-state index is 0.0282. The third kappa shape index (κ3) is 14.1. The molecule has 0 aromatic carbocycles. The standard InChI is InChI=1S/C26H44N6OS/c1-2-3-4-5-6-7-8-9-10-11-12-13-14-15-16-18-24(33)29-26-31-30-25(34-26)28-19-17-21-32-22-20-27-23-32/h9-10,20,22-23H,2-8,11-19,21H2,1H3,(H,28,30)(H,29,31,33). The molecule has 8 heteroatoms. The van der Waals surface area contributed by atoms with Gasteiger partial charge in [-0.2, -0.15) is 0 Å². The van der Waals surface area contributed by atoms with E-state index in [2.05, 4.69) is 44.9 Å². The predicted molar refractivity (Wildman–Crippen MR) is 143 cm³/mol. The van der Waals surface area contributed by atoms with Crippen LogP contribution in [0.25, 0.3) is 0 Å². The molecule has 0 fully saturated rings. The minimum absolute atomic E-state index is 0.0282. The highest BCUT2D eigenvalue weighted by Gasteiger charge is 2.08. The third-order valence-corrected chi connectivity index (χ3v) is 6.56. The van der Waals surface area contributed by atoms with Crippen molar-refractivity contribution < 1.29 is 4.79 Å². The number of carbonyl (C=O) groups excluding carboxylic acids is 1. The van der Waals surface area contributed by atoms with Crippen molar-refractivity contribution in [2.45, 2.75) is 110 Å². The largest absolute Gasteiger partial charge is 0.360 e. The maximum absolute atomic E-state index is 12.1. The van der Waals surface area contributed by atoms with Crippen LogP contribution in [0.1, 0.15) is 103 Å². The van der Waals surface area contributed by atoms with E-state index < -0.39 is 0 Å². The minimum Gasteiger partial charge on any atom is -0.360 e. The molecule has 34 heavy (non-hydrogen) atoms. The Balaban J connectivity index is 1.38. The summed E-state index contributed by atoms with van der Waals surface area (Å²) in [6, 6.07) is 0. The number of carbonyl (C=O) groups is 1. The molecule has 0 aliphatic carbocycles. The van der Waals surface area contributed by atoms with Gasteiger partial charge in [0.15, 0.2) is 0 Å². The summed E-state index contributed by atoms with van der Waals surface area (Å²) in [5.41, 5.74) is 0. The second-order valence-corrected chi connectivity index (χ2v) is 9.85. The highest BCUT2D eigenvalue weighted by Crippen LogP contribution is 2.20. The van der Waals surface area contributed by atoms with E-state index >= 15 is 0 Å². The number of nitrogens with one attached hydrogen (secondary N) is 2. The Bertz CT molecular complexity index is 774. The van der Waals surface area contributed by atoms with E-state index in [1.165, 1.54) is 82.0 Å². The zero-order valence-corrected chi connectivity index (χ0v) is 21.8. The molecule has 7 nitrogen and oxygen atoms in total. The lowest BCUT2D eigenvalue weighted by molar-refractivity contribution is -0.116. The van der Waals surface area contributed by atoms with Gasteiger partial charge in [0.05, 0.1) is 6.33 Å². The molecule has 0 aliphatic rings. The van der Waals surface area contributed by atoms with Crippen LogP contribution < -0.4 is 10.6 Å². The molecule has 2 N–H and O–H groups in total. The molecule has 0 radical (unpaired) electrons. The Labute approximate surface area is 209 Å². The average molecular weight is 489 g/mol. The van der Waals surface area contributed by atoms with E-state index in [1.54, 1.807) is 6.20 Å². The summed E-state index contributed by atoms with van der Waals surface area (Å²) in [7, 11) is 0. The van der Waals surface area contributed by atoms with Gasteiger partial charge >= 0.3 is 0 Å². The van der Waals surface area contributed by atoms with Gasteiger partial charge in [-0.3, -0.25) is 4.79 Å². The van der Waals surface area contributed by atoms with Gasteiger partial charge < -0.3 is 15.2 Å². The molecule has 2 rings (SSSR count).